The molecule has 0 radical (unpaired) electrons. The number of fused-ring (bicyclic) bond motifs is 1. The number of hydrogen-bond acceptors (Lipinski definition) is 3. The van der Waals surface area contributed by atoms with Crippen molar-refractivity contribution in [2.75, 3.05) is 19.6 Å². The number of nitrogens with zero attached hydrogens (tertiary/aromatic N) is 3. The molecule has 0 N–H and O–H groups in total. The number of likely N-dealkylation sites (tertiary alicyclic amines) is 1. The number of piperidine rings is 1. The summed E-state index contributed by atoms with van der Waals surface area (Å²) in [6.45, 7) is 8.31. The van der Waals surface area contributed by atoms with Gasteiger partial charge in [-0.1, -0.05) is 18.2 Å². The third-order valence-corrected chi connectivity index (χ3v) is 6.52. The fourth-order valence-corrected chi connectivity index (χ4v) is 4.43. The van der Waals surface area contributed by atoms with Gasteiger partial charge in [-0.15, -0.1) is 0 Å². The fraction of sp³-hybridized carbons (Fsp3) is 0.440. The first kappa shape index (κ1) is 19.8. The molecule has 0 spiro atoms. The topological polar surface area (TPSA) is 38.1 Å². The highest BCUT2D eigenvalue weighted by Crippen LogP contribution is 2.23. The summed E-state index contributed by atoms with van der Waals surface area (Å²) in [5, 5.41) is 0. The molecule has 0 aliphatic carbocycles. The van der Waals surface area contributed by atoms with Gasteiger partial charge in [0, 0.05) is 25.4 Å². The van der Waals surface area contributed by atoms with Gasteiger partial charge in [-0.3, -0.25) is 9.78 Å². The van der Waals surface area contributed by atoms with Gasteiger partial charge in [0.15, 0.2) is 0 Å². The van der Waals surface area contributed by atoms with Gasteiger partial charge < -0.3 is 9.47 Å². The molecule has 0 atom stereocenters. The van der Waals surface area contributed by atoms with Gasteiger partial charge in [0.05, 0.1) is 11.0 Å². The van der Waals surface area contributed by atoms with Crippen molar-refractivity contribution in [1.29, 1.82) is 0 Å². The Balaban J connectivity index is 1.28. The van der Waals surface area contributed by atoms with E-state index in [4.69, 9.17) is 0 Å². The number of aromatic nitrogens is 2. The van der Waals surface area contributed by atoms with Gasteiger partial charge in [-0.05, 0) is 93.4 Å². The minimum atomic E-state index is 0.0637. The Bertz CT molecular complexity index is 1030. The third kappa shape index (κ3) is 4.76. The molecule has 4 heteroatoms. The summed E-state index contributed by atoms with van der Waals surface area (Å²) in [6.07, 6.45) is 6.77. The number of pyridine rings is 2. The predicted molar refractivity (Wildman–Crippen MR) is 119 cm³/mol. The second-order valence-corrected chi connectivity index (χ2v) is 8.47. The van der Waals surface area contributed by atoms with Gasteiger partial charge in [0.25, 0.3) is 5.56 Å². The van der Waals surface area contributed by atoms with E-state index in [1.165, 1.54) is 42.4 Å². The molecule has 3 heterocycles. The van der Waals surface area contributed by atoms with Crippen LogP contribution in [0.2, 0.25) is 0 Å². The second-order valence-electron chi connectivity index (χ2n) is 8.47. The minimum absolute atomic E-state index is 0.0637. The lowest BCUT2D eigenvalue weighted by Gasteiger charge is -2.32. The smallest absolute Gasteiger partial charge is 0.251 e. The predicted octanol–water partition coefficient (Wildman–Crippen LogP) is 4.36. The zero-order valence-electron chi connectivity index (χ0n) is 17.6. The molecule has 152 valence electrons. The van der Waals surface area contributed by atoms with Crippen LogP contribution in [0.3, 0.4) is 0 Å². The Morgan fingerprint density at radius 3 is 2.62 bits per heavy atom. The highest BCUT2D eigenvalue weighted by Gasteiger charge is 2.19. The summed E-state index contributed by atoms with van der Waals surface area (Å²) in [5.41, 5.74) is 6.13. The van der Waals surface area contributed by atoms with Gasteiger partial charge in [0.1, 0.15) is 0 Å². The van der Waals surface area contributed by atoms with Crippen molar-refractivity contribution in [3.05, 3.63) is 75.7 Å². The van der Waals surface area contributed by atoms with Crippen LogP contribution >= 0.6 is 0 Å². The van der Waals surface area contributed by atoms with Crippen molar-refractivity contribution in [2.45, 2.75) is 46.1 Å². The van der Waals surface area contributed by atoms with E-state index < -0.39 is 0 Å². The maximum Gasteiger partial charge on any atom is 0.251 e. The Morgan fingerprint density at radius 2 is 1.83 bits per heavy atom. The first-order valence-electron chi connectivity index (χ1n) is 10.8. The number of rotatable bonds is 6. The summed E-state index contributed by atoms with van der Waals surface area (Å²) in [5.74, 6) is 0.817. The lowest BCUT2D eigenvalue weighted by molar-refractivity contribution is 0.174. The van der Waals surface area contributed by atoms with Crippen LogP contribution in [0.1, 0.15) is 36.0 Å². The molecule has 1 fully saturated rings. The van der Waals surface area contributed by atoms with Gasteiger partial charge in [-0.2, -0.15) is 0 Å². The molecule has 1 aliphatic rings. The Kier molecular flexibility index (Phi) is 6.10. The first-order chi connectivity index (χ1) is 14.1. The fourth-order valence-electron chi connectivity index (χ4n) is 4.43. The average Bonchev–Trinajstić information content (AvgIpc) is 2.75. The summed E-state index contributed by atoms with van der Waals surface area (Å²) >= 11 is 0. The highest BCUT2D eigenvalue weighted by atomic mass is 16.1. The van der Waals surface area contributed by atoms with Crippen LogP contribution in [0, 0.1) is 19.8 Å². The molecule has 4 nitrogen and oxygen atoms in total. The highest BCUT2D eigenvalue weighted by molar-refractivity contribution is 5.73. The van der Waals surface area contributed by atoms with Crippen molar-refractivity contribution in [2.24, 2.45) is 5.92 Å². The second kappa shape index (κ2) is 8.91. The number of benzene rings is 1. The molecule has 29 heavy (non-hydrogen) atoms. The van der Waals surface area contributed by atoms with Crippen LogP contribution in [0.15, 0.2) is 53.5 Å². The molecule has 2 aromatic heterocycles. The quantitative estimate of drug-likeness (QED) is 0.629. The van der Waals surface area contributed by atoms with Crippen molar-refractivity contribution in [1.82, 2.24) is 14.5 Å². The van der Waals surface area contributed by atoms with E-state index in [2.05, 4.69) is 41.9 Å². The number of hydrogen-bond donors (Lipinski definition) is 0. The molecule has 0 unspecified atom stereocenters. The zero-order valence-corrected chi connectivity index (χ0v) is 17.6. The molecule has 3 aromatic rings. The van der Waals surface area contributed by atoms with E-state index in [0.29, 0.717) is 0 Å². The molecule has 1 aromatic carbocycles. The van der Waals surface area contributed by atoms with Crippen molar-refractivity contribution in [3.63, 3.8) is 0 Å². The van der Waals surface area contributed by atoms with E-state index in [0.717, 1.165) is 43.1 Å². The summed E-state index contributed by atoms with van der Waals surface area (Å²) in [6, 6.07) is 14.2. The average molecular weight is 390 g/mol. The van der Waals surface area contributed by atoms with E-state index in [-0.39, 0.29) is 5.56 Å². The SMILES string of the molecule is Cc1ccc(CCC2CCN(CCn3c(=O)ccc4ncccc43)CC2)cc1C. The molecule has 1 saturated heterocycles. The van der Waals surface area contributed by atoms with Gasteiger partial charge in [0.2, 0.25) is 0 Å². The lowest BCUT2D eigenvalue weighted by Crippen LogP contribution is -2.37. The van der Waals surface area contributed by atoms with Crippen LogP contribution in [0.25, 0.3) is 11.0 Å². The lowest BCUT2D eigenvalue weighted by atomic mass is 9.90. The molecule has 0 saturated carbocycles. The molecular weight excluding hydrogens is 358 g/mol. The van der Waals surface area contributed by atoms with Gasteiger partial charge >= 0.3 is 0 Å². The Labute approximate surface area is 173 Å². The first-order valence-corrected chi connectivity index (χ1v) is 10.8. The standard InChI is InChI=1S/C25H31N3O/c1-19-5-6-22(18-20(19)2)8-7-21-11-14-27(15-12-21)16-17-28-24-4-3-13-26-23(24)9-10-25(28)29/h3-6,9-10,13,18,21H,7-8,11-12,14-17H2,1-2H3. The molecule has 0 bridgehead atoms. The van der Waals surface area contributed by atoms with Crippen molar-refractivity contribution in [3.8, 4) is 0 Å². The Hall–Kier alpha value is -2.46. The normalized spacial score (nSPS) is 15.8. The van der Waals surface area contributed by atoms with Crippen LogP contribution in [0.4, 0.5) is 0 Å². The minimum Gasteiger partial charge on any atom is -0.305 e. The summed E-state index contributed by atoms with van der Waals surface area (Å²) in [7, 11) is 0. The Morgan fingerprint density at radius 1 is 1.00 bits per heavy atom. The maximum atomic E-state index is 12.3. The van der Waals surface area contributed by atoms with E-state index >= 15 is 0 Å². The molecule has 0 amide bonds. The largest absolute Gasteiger partial charge is 0.305 e. The molecular formula is C25H31N3O. The molecule has 4 rings (SSSR count). The van der Waals surface area contributed by atoms with Crippen molar-refractivity contribution < 1.29 is 0 Å². The van der Waals surface area contributed by atoms with Crippen LogP contribution in [-0.2, 0) is 13.0 Å². The monoisotopic (exact) mass is 389 g/mol. The van der Waals surface area contributed by atoms with Crippen LogP contribution < -0.4 is 5.56 Å². The summed E-state index contributed by atoms with van der Waals surface area (Å²) in [4.78, 5) is 19.2. The van der Waals surface area contributed by atoms with Crippen molar-refractivity contribution >= 4 is 11.0 Å². The van der Waals surface area contributed by atoms with E-state index in [1.54, 1.807) is 12.3 Å². The third-order valence-electron chi connectivity index (χ3n) is 6.52. The summed E-state index contributed by atoms with van der Waals surface area (Å²) < 4.78 is 1.87. The van der Waals surface area contributed by atoms with Gasteiger partial charge in [-0.25, -0.2) is 0 Å². The van der Waals surface area contributed by atoms with E-state index in [1.807, 2.05) is 22.8 Å². The zero-order chi connectivity index (χ0) is 20.2. The molecule has 1 aliphatic heterocycles. The van der Waals surface area contributed by atoms with Crippen LogP contribution in [-0.4, -0.2) is 34.1 Å². The number of aryl methyl sites for hydroxylation is 3. The van der Waals surface area contributed by atoms with Crippen LogP contribution in [0.5, 0.6) is 0 Å². The van der Waals surface area contributed by atoms with E-state index in [9.17, 15) is 4.79 Å². The maximum absolute atomic E-state index is 12.3.